The van der Waals surface area contributed by atoms with Crippen molar-refractivity contribution in [2.75, 3.05) is 19.4 Å². The van der Waals surface area contributed by atoms with Crippen LogP contribution < -0.4 is 15.8 Å². The maximum Gasteiger partial charge on any atom is 0.257 e. The van der Waals surface area contributed by atoms with Gasteiger partial charge in [-0.25, -0.2) is 0 Å². The molecule has 1 aromatic heterocycles. The molecule has 6 nitrogen and oxygen atoms in total. The van der Waals surface area contributed by atoms with Crippen LogP contribution in [0.1, 0.15) is 23.7 Å². The normalized spacial score (nSPS) is 10.3. The Bertz CT molecular complexity index is 590. The van der Waals surface area contributed by atoms with E-state index in [1.54, 1.807) is 7.05 Å². The third-order valence-electron chi connectivity index (χ3n) is 2.86. The Morgan fingerprint density at radius 1 is 1.40 bits per heavy atom. The van der Waals surface area contributed by atoms with E-state index >= 15 is 0 Å². The van der Waals surface area contributed by atoms with Crippen LogP contribution in [0.4, 0.5) is 5.82 Å². The summed E-state index contributed by atoms with van der Waals surface area (Å²) in [5.41, 5.74) is 7.51. The van der Waals surface area contributed by atoms with Crippen molar-refractivity contribution in [3.8, 4) is 17.0 Å². The highest BCUT2D eigenvalue weighted by Crippen LogP contribution is 2.26. The third kappa shape index (κ3) is 2.74. The van der Waals surface area contributed by atoms with E-state index in [0.29, 0.717) is 17.9 Å². The molecule has 0 fully saturated rings. The molecule has 0 aliphatic heterocycles. The van der Waals surface area contributed by atoms with Crippen LogP contribution in [0.3, 0.4) is 0 Å². The Labute approximate surface area is 117 Å². The molecule has 0 atom stereocenters. The van der Waals surface area contributed by atoms with Gasteiger partial charge in [0.25, 0.3) is 5.91 Å². The van der Waals surface area contributed by atoms with Crippen molar-refractivity contribution in [2.45, 2.75) is 13.3 Å². The highest BCUT2D eigenvalue weighted by molar-refractivity contribution is 6.03. The van der Waals surface area contributed by atoms with Crippen LogP contribution in [0, 0.1) is 0 Å². The first-order valence-corrected chi connectivity index (χ1v) is 6.46. The number of hydrogen-bond donors (Lipinski definition) is 3. The number of amides is 1. The first-order chi connectivity index (χ1) is 9.67. The van der Waals surface area contributed by atoms with E-state index < -0.39 is 0 Å². The number of nitrogens with two attached hydrogens (primary N) is 1. The first-order valence-electron chi connectivity index (χ1n) is 6.46. The van der Waals surface area contributed by atoms with Gasteiger partial charge in [-0.15, -0.1) is 0 Å². The van der Waals surface area contributed by atoms with E-state index in [9.17, 15) is 4.79 Å². The molecule has 0 unspecified atom stereocenters. The minimum absolute atomic E-state index is 0.186. The van der Waals surface area contributed by atoms with Crippen LogP contribution in [-0.2, 0) is 0 Å². The molecule has 0 radical (unpaired) electrons. The second-order valence-electron chi connectivity index (χ2n) is 4.31. The van der Waals surface area contributed by atoms with Crippen LogP contribution in [0.25, 0.3) is 11.3 Å². The van der Waals surface area contributed by atoms with Gasteiger partial charge < -0.3 is 15.8 Å². The number of hydrogen-bond acceptors (Lipinski definition) is 4. The lowest BCUT2D eigenvalue weighted by molar-refractivity contribution is 0.0964. The fourth-order valence-corrected chi connectivity index (χ4v) is 1.86. The van der Waals surface area contributed by atoms with Gasteiger partial charge in [-0.2, -0.15) is 5.10 Å². The summed E-state index contributed by atoms with van der Waals surface area (Å²) in [6.07, 6.45) is 0.958. The van der Waals surface area contributed by atoms with Crippen molar-refractivity contribution in [1.29, 1.82) is 0 Å². The molecule has 0 bridgehead atoms. The van der Waals surface area contributed by atoms with Crippen molar-refractivity contribution in [2.24, 2.45) is 0 Å². The van der Waals surface area contributed by atoms with Crippen LogP contribution in [0.2, 0.25) is 0 Å². The monoisotopic (exact) mass is 274 g/mol. The quantitative estimate of drug-likeness (QED) is 0.775. The molecule has 1 heterocycles. The van der Waals surface area contributed by atoms with Gasteiger partial charge in [0.1, 0.15) is 11.3 Å². The van der Waals surface area contributed by atoms with E-state index in [2.05, 4.69) is 22.4 Å². The van der Waals surface area contributed by atoms with Crippen molar-refractivity contribution in [3.63, 3.8) is 0 Å². The van der Waals surface area contributed by atoms with Gasteiger partial charge in [-0.1, -0.05) is 6.92 Å². The van der Waals surface area contributed by atoms with Gasteiger partial charge in [0.2, 0.25) is 0 Å². The second kappa shape index (κ2) is 6.10. The molecule has 0 aliphatic carbocycles. The van der Waals surface area contributed by atoms with Gasteiger partial charge in [0.15, 0.2) is 5.82 Å². The van der Waals surface area contributed by atoms with Gasteiger partial charge in [-0.3, -0.25) is 9.89 Å². The highest BCUT2D eigenvalue weighted by atomic mass is 16.5. The molecule has 0 saturated heterocycles. The lowest BCUT2D eigenvalue weighted by Gasteiger charge is -2.06. The van der Waals surface area contributed by atoms with Crippen molar-refractivity contribution in [1.82, 2.24) is 15.5 Å². The minimum atomic E-state index is -0.266. The predicted molar refractivity (Wildman–Crippen MR) is 77.6 cm³/mol. The van der Waals surface area contributed by atoms with Crippen LogP contribution in [0.15, 0.2) is 24.3 Å². The smallest absolute Gasteiger partial charge is 0.257 e. The standard InChI is InChI=1S/C14H18N4O2/c1-3-8-20-10-6-4-9(5-7-10)12-11(14(19)16-2)13(15)18-17-12/h4-7H,3,8H2,1-2H3,(H,16,19)(H3,15,17,18). The van der Waals surface area contributed by atoms with Gasteiger partial charge in [-0.05, 0) is 30.7 Å². The number of benzene rings is 1. The maximum absolute atomic E-state index is 11.8. The topological polar surface area (TPSA) is 93.0 Å². The second-order valence-corrected chi connectivity index (χ2v) is 4.31. The number of ether oxygens (including phenoxy) is 1. The fraction of sp³-hybridized carbons (Fsp3) is 0.286. The molecule has 20 heavy (non-hydrogen) atoms. The van der Waals surface area contributed by atoms with E-state index in [0.717, 1.165) is 17.7 Å². The van der Waals surface area contributed by atoms with Gasteiger partial charge in [0, 0.05) is 12.6 Å². The van der Waals surface area contributed by atoms with Gasteiger partial charge >= 0.3 is 0 Å². The average molecular weight is 274 g/mol. The Kier molecular flexibility index (Phi) is 4.24. The summed E-state index contributed by atoms with van der Waals surface area (Å²) in [4.78, 5) is 11.8. The van der Waals surface area contributed by atoms with Crippen molar-refractivity contribution < 1.29 is 9.53 Å². The predicted octanol–water partition coefficient (Wildman–Crippen LogP) is 1.81. The Morgan fingerprint density at radius 2 is 2.10 bits per heavy atom. The molecular formula is C14H18N4O2. The summed E-state index contributed by atoms with van der Waals surface area (Å²) in [7, 11) is 1.56. The molecule has 2 aromatic rings. The number of carbonyl (C=O) groups is 1. The van der Waals surface area contributed by atoms with Crippen LogP contribution in [-0.4, -0.2) is 29.8 Å². The maximum atomic E-state index is 11.8. The van der Waals surface area contributed by atoms with Crippen LogP contribution in [0.5, 0.6) is 5.75 Å². The lowest BCUT2D eigenvalue weighted by Crippen LogP contribution is -2.19. The molecule has 0 spiro atoms. The van der Waals surface area contributed by atoms with E-state index in [-0.39, 0.29) is 11.7 Å². The molecule has 0 saturated carbocycles. The number of nitrogens with one attached hydrogen (secondary N) is 2. The Balaban J connectivity index is 2.30. The van der Waals surface area contributed by atoms with Crippen LogP contribution >= 0.6 is 0 Å². The molecule has 1 amide bonds. The number of aromatic nitrogens is 2. The summed E-state index contributed by atoms with van der Waals surface area (Å²) < 4.78 is 5.52. The zero-order valence-electron chi connectivity index (χ0n) is 11.6. The SMILES string of the molecule is CCCOc1ccc(-c2[nH]nc(N)c2C(=O)NC)cc1. The van der Waals surface area contributed by atoms with E-state index in [4.69, 9.17) is 10.5 Å². The Hall–Kier alpha value is -2.50. The average Bonchev–Trinajstić information content (AvgIpc) is 2.86. The molecule has 2 rings (SSSR count). The highest BCUT2D eigenvalue weighted by Gasteiger charge is 2.18. The molecule has 6 heteroatoms. The molecule has 4 N–H and O–H groups in total. The number of rotatable bonds is 5. The first kappa shape index (κ1) is 13.9. The number of H-pyrrole nitrogens is 1. The zero-order chi connectivity index (χ0) is 14.5. The van der Waals surface area contributed by atoms with E-state index in [1.165, 1.54) is 0 Å². The molecule has 1 aromatic carbocycles. The third-order valence-corrected chi connectivity index (χ3v) is 2.86. The number of aromatic amines is 1. The molecular weight excluding hydrogens is 256 g/mol. The minimum Gasteiger partial charge on any atom is -0.494 e. The number of nitrogens with zero attached hydrogens (tertiary/aromatic N) is 1. The number of nitrogen functional groups attached to an aromatic ring is 1. The largest absolute Gasteiger partial charge is 0.494 e. The summed E-state index contributed by atoms with van der Waals surface area (Å²) in [6.45, 7) is 2.73. The summed E-state index contributed by atoms with van der Waals surface area (Å²) >= 11 is 0. The summed E-state index contributed by atoms with van der Waals surface area (Å²) in [5.74, 6) is 0.716. The fourth-order valence-electron chi connectivity index (χ4n) is 1.86. The van der Waals surface area contributed by atoms with E-state index in [1.807, 2.05) is 24.3 Å². The molecule has 0 aliphatic rings. The van der Waals surface area contributed by atoms with Crippen molar-refractivity contribution in [3.05, 3.63) is 29.8 Å². The summed E-state index contributed by atoms with van der Waals surface area (Å²) in [5, 5.41) is 9.24. The lowest BCUT2D eigenvalue weighted by atomic mass is 10.1. The zero-order valence-corrected chi connectivity index (χ0v) is 11.6. The van der Waals surface area contributed by atoms with Crippen molar-refractivity contribution >= 4 is 11.7 Å². The number of carbonyl (C=O) groups excluding carboxylic acids is 1. The molecule has 106 valence electrons. The van der Waals surface area contributed by atoms with Gasteiger partial charge in [0.05, 0.1) is 12.3 Å². The number of anilines is 1. The Morgan fingerprint density at radius 3 is 2.70 bits per heavy atom. The summed E-state index contributed by atoms with van der Waals surface area (Å²) in [6, 6.07) is 7.44.